The van der Waals surface area contributed by atoms with Gasteiger partial charge in [0.15, 0.2) is 7.28 Å². The molecule has 0 saturated heterocycles. The minimum Gasteiger partial charge on any atom is -0.355 e. The fraction of sp³-hybridized carbons (Fsp3) is 0.200. The van der Waals surface area contributed by atoms with E-state index in [1.165, 1.54) is 121 Å². The van der Waals surface area contributed by atoms with Crippen molar-refractivity contribution in [2.75, 3.05) is 5.32 Å². The fourth-order valence-corrected chi connectivity index (χ4v) is 11.0. The van der Waals surface area contributed by atoms with Gasteiger partial charge >= 0.3 is 0 Å². The number of nitrogens with one attached hydrogen (secondary N) is 1. The first kappa shape index (κ1) is 32.1. The molecule has 54 heavy (non-hydrogen) atoms. The topological polar surface area (TPSA) is 17.0 Å². The Labute approximate surface area is 321 Å². The Morgan fingerprint density at radius 1 is 0.630 bits per heavy atom. The molecular formula is C50H42BN2S. The maximum atomic E-state index is 4.10. The van der Waals surface area contributed by atoms with Gasteiger partial charge in [0.2, 0.25) is 0 Å². The van der Waals surface area contributed by atoms with Crippen molar-refractivity contribution in [2.45, 2.75) is 65.2 Å². The summed E-state index contributed by atoms with van der Waals surface area (Å²) in [5, 5.41) is 11.9. The molecule has 261 valence electrons. The summed E-state index contributed by atoms with van der Waals surface area (Å²) in [7, 11) is 2.46. The number of para-hydroxylation sites is 1. The van der Waals surface area contributed by atoms with Crippen molar-refractivity contribution in [3.63, 3.8) is 0 Å². The van der Waals surface area contributed by atoms with Gasteiger partial charge < -0.3 is 9.88 Å². The Balaban J connectivity index is 1.22. The summed E-state index contributed by atoms with van der Waals surface area (Å²) < 4.78 is 5.21. The average molecular weight is 714 g/mol. The Bertz CT molecular complexity index is 3080. The van der Waals surface area contributed by atoms with E-state index in [0.717, 1.165) is 5.69 Å². The van der Waals surface area contributed by atoms with E-state index in [1.807, 2.05) is 11.3 Å². The molecule has 0 unspecified atom stereocenters. The minimum atomic E-state index is 0.123. The van der Waals surface area contributed by atoms with Crippen molar-refractivity contribution in [1.29, 1.82) is 0 Å². The lowest BCUT2D eigenvalue weighted by molar-refractivity contribution is 0.332. The van der Waals surface area contributed by atoms with Gasteiger partial charge in [0.25, 0.3) is 0 Å². The number of aryl methyl sites for hydroxylation is 2. The van der Waals surface area contributed by atoms with E-state index >= 15 is 0 Å². The zero-order chi connectivity index (χ0) is 36.7. The molecule has 2 nitrogen and oxygen atoms in total. The second-order valence-corrected chi connectivity index (χ2v) is 18.3. The van der Waals surface area contributed by atoms with Crippen molar-refractivity contribution < 1.29 is 0 Å². The molecule has 2 aromatic heterocycles. The van der Waals surface area contributed by atoms with Gasteiger partial charge in [-0.15, -0.1) is 11.3 Å². The molecule has 1 N–H and O–H groups in total. The van der Waals surface area contributed by atoms with Crippen LogP contribution in [0.15, 0.2) is 115 Å². The number of fused-ring (bicyclic) bond motifs is 11. The van der Waals surface area contributed by atoms with Crippen molar-refractivity contribution in [3.05, 3.63) is 138 Å². The van der Waals surface area contributed by atoms with Gasteiger partial charge in [-0.1, -0.05) is 118 Å². The summed E-state index contributed by atoms with van der Waals surface area (Å²) in [6.45, 7) is 14.2. The van der Waals surface area contributed by atoms with Crippen LogP contribution in [0.3, 0.4) is 0 Å². The van der Waals surface area contributed by atoms with Crippen LogP contribution in [0.5, 0.6) is 0 Å². The third kappa shape index (κ3) is 4.47. The standard InChI is InChI=1S/C50H42BN2S/c1-28-24-35(46-41(25-28)53-47-31-13-8-7-12-30(31)18-19-33(47)32-15-11-16-38(51-46)48(32)53)44-39(20-21-43-45(44)34-14-9-10-17-42(34)54-43)52-40-27-37-36(26-29(40)2)49(3,4)22-23-50(37,5)6/h7-21,24-27,52H,22-23H2,1-6H3. The molecule has 11 rings (SSSR count). The van der Waals surface area contributed by atoms with Gasteiger partial charge in [-0.2, -0.15) is 0 Å². The van der Waals surface area contributed by atoms with Crippen molar-refractivity contribution in [2.24, 2.45) is 0 Å². The van der Waals surface area contributed by atoms with Gasteiger partial charge in [0.1, 0.15) is 0 Å². The van der Waals surface area contributed by atoms with Gasteiger partial charge in [-0.3, -0.25) is 0 Å². The van der Waals surface area contributed by atoms with Crippen LogP contribution < -0.4 is 16.2 Å². The number of thiophene rings is 1. The van der Waals surface area contributed by atoms with Crippen LogP contribution in [-0.2, 0) is 10.8 Å². The summed E-state index contributed by atoms with van der Waals surface area (Å²) >= 11 is 1.89. The molecule has 1 radical (unpaired) electrons. The van der Waals surface area contributed by atoms with E-state index in [0.29, 0.717) is 0 Å². The number of benzene rings is 7. The molecule has 0 amide bonds. The maximum absolute atomic E-state index is 4.10. The van der Waals surface area contributed by atoms with Crippen LogP contribution in [0.4, 0.5) is 11.4 Å². The zero-order valence-electron chi connectivity index (χ0n) is 31.8. The molecule has 9 aromatic rings. The van der Waals surface area contributed by atoms with Crippen molar-refractivity contribution in [3.8, 4) is 16.8 Å². The lowest BCUT2D eigenvalue weighted by atomic mass is 9.58. The van der Waals surface area contributed by atoms with Crippen molar-refractivity contribution >= 4 is 93.7 Å². The zero-order valence-corrected chi connectivity index (χ0v) is 32.6. The largest absolute Gasteiger partial charge is 0.355 e. The van der Waals surface area contributed by atoms with Gasteiger partial charge in [0.05, 0.1) is 5.52 Å². The number of nitrogens with zero attached hydrogens (tertiary/aromatic N) is 1. The Morgan fingerprint density at radius 2 is 1.35 bits per heavy atom. The number of rotatable bonds is 3. The Kier molecular flexibility index (Phi) is 6.62. The van der Waals surface area contributed by atoms with Crippen LogP contribution in [-0.4, -0.2) is 11.8 Å². The van der Waals surface area contributed by atoms with Crippen LogP contribution in [0.25, 0.3) is 69.6 Å². The van der Waals surface area contributed by atoms with Gasteiger partial charge in [0, 0.05) is 64.5 Å². The Hall–Kier alpha value is -5.32. The molecule has 4 heteroatoms. The predicted octanol–water partition coefficient (Wildman–Crippen LogP) is 12.6. The normalized spacial score (nSPS) is 15.5. The summed E-state index contributed by atoms with van der Waals surface area (Å²) in [6, 6.07) is 43.7. The van der Waals surface area contributed by atoms with E-state index < -0.39 is 0 Å². The second-order valence-electron chi connectivity index (χ2n) is 17.2. The molecule has 1 aliphatic heterocycles. The van der Waals surface area contributed by atoms with E-state index in [2.05, 4.69) is 174 Å². The maximum Gasteiger partial charge on any atom is 0.197 e. The highest BCUT2D eigenvalue weighted by Gasteiger charge is 2.38. The molecular weight excluding hydrogens is 671 g/mol. The molecule has 0 saturated carbocycles. The molecule has 3 heterocycles. The highest BCUT2D eigenvalue weighted by atomic mass is 32.1. The van der Waals surface area contributed by atoms with Crippen LogP contribution in [0.1, 0.15) is 62.8 Å². The highest BCUT2D eigenvalue weighted by molar-refractivity contribution is 7.26. The first-order valence-electron chi connectivity index (χ1n) is 19.4. The quantitative estimate of drug-likeness (QED) is 0.180. The van der Waals surface area contributed by atoms with E-state index in [1.54, 1.807) is 0 Å². The van der Waals surface area contributed by atoms with Gasteiger partial charge in [-0.05, 0) is 107 Å². The molecule has 0 atom stereocenters. The minimum absolute atomic E-state index is 0.123. The predicted molar refractivity (Wildman–Crippen MR) is 236 cm³/mol. The molecule has 7 aromatic carbocycles. The number of anilines is 2. The molecule has 0 spiro atoms. The first-order chi connectivity index (χ1) is 26.1. The number of aromatic nitrogens is 1. The molecule has 0 fully saturated rings. The van der Waals surface area contributed by atoms with Crippen LogP contribution in [0, 0.1) is 13.8 Å². The smallest absolute Gasteiger partial charge is 0.197 e. The molecule has 0 bridgehead atoms. The van der Waals surface area contributed by atoms with E-state index in [-0.39, 0.29) is 10.8 Å². The fourth-order valence-electron chi connectivity index (χ4n) is 9.89. The SMILES string of the molecule is Cc1cc(-c2c(Nc3cc4c(cc3C)C(C)(C)CCC4(C)C)ccc3sc4ccccc4c23)c2c(c1)-n1c3c(cccc3c3ccc4ccccc4c31)[B]2. The number of hydrogen-bond acceptors (Lipinski definition) is 2. The highest BCUT2D eigenvalue weighted by Crippen LogP contribution is 2.49. The average Bonchev–Trinajstić information content (AvgIpc) is 3.72. The summed E-state index contributed by atoms with van der Waals surface area (Å²) in [5.74, 6) is 0. The second kappa shape index (κ2) is 11.1. The van der Waals surface area contributed by atoms with E-state index in [4.69, 9.17) is 0 Å². The Morgan fingerprint density at radius 3 is 2.19 bits per heavy atom. The molecule has 2 aliphatic rings. The van der Waals surface area contributed by atoms with Crippen LogP contribution in [0.2, 0.25) is 0 Å². The lowest BCUT2D eigenvalue weighted by Crippen LogP contribution is -2.37. The van der Waals surface area contributed by atoms with Gasteiger partial charge in [-0.25, -0.2) is 0 Å². The third-order valence-corrected chi connectivity index (χ3v) is 14.0. The molecule has 1 aliphatic carbocycles. The third-order valence-electron chi connectivity index (χ3n) is 12.8. The van der Waals surface area contributed by atoms with E-state index in [9.17, 15) is 0 Å². The van der Waals surface area contributed by atoms with Crippen LogP contribution >= 0.6 is 11.3 Å². The monoisotopic (exact) mass is 713 g/mol. The summed E-state index contributed by atoms with van der Waals surface area (Å²) in [6.07, 6.45) is 2.40. The first-order valence-corrected chi connectivity index (χ1v) is 20.2. The lowest BCUT2D eigenvalue weighted by Gasteiger charge is -2.42. The van der Waals surface area contributed by atoms with Crippen molar-refractivity contribution in [1.82, 2.24) is 4.57 Å². The number of hydrogen-bond donors (Lipinski definition) is 1. The summed E-state index contributed by atoms with van der Waals surface area (Å²) in [5.41, 5.74) is 17.0. The summed E-state index contributed by atoms with van der Waals surface area (Å²) in [4.78, 5) is 0.